The summed E-state index contributed by atoms with van der Waals surface area (Å²) in [5.74, 6) is 0.185. The molecule has 0 bridgehead atoms. The number of hydrogen-bond donors (Lipinski definition) is 2. The summed E-state index contributed by atoms with van der Waals surface area (Å²) < 4.78 is 0. The second kappa shape index (κ2) is 5.46. The van der Waals surface area contributed by atoms with E-state index in [1.165, 1.54) is 5.56 Å². The Bertz CT molecular complexity index is 642. The molecule has 1 aliphatic rings. The van der Waals surface area contributed by atoms with Crippen LogP contribution in [-0.4, -0.2) is 22.6 Å². The van der Waals surface area contributed by atoms with Gasteiger partial charge in [-0.05, 0) is 48.7 Å². The Morgan fingerprint density at radius 3 is 2.95 bits per heavy atom. The Morgan fingerprint density at radius 1 is 1.25 bits per heavy atom. The summed E-state index contributed by atoms with van der Waals surface area (Å²) >= 11 is 5.65. The van der Waals surface area contributed by atoms with Gasteiger partial charge in [-0.25, -0.2) is 0 Å². The normalized spacial score (nSPS) is 13.2. The van der Waals surface area contributed by atoms with E-state index in [9.17, 15) is 4.79 Å². The number of nitrogens with one attached hydrogen (secondary N) is 2. The number of benzene rings is 1. The van der Waals surface area contributed by atoms with E-state index in [0.717, 1.165) is 25.1 Å². The molecule has 1 aromatic heterocycles. The molecule has 0 saturated heterocycles. The van der Waals surface area contributed by atoms with Gasteiger partial charge in [0, 0.05) is 17.8 Å². The van der Waals surface area contributed by atoms with Gasteiger partial charge in [0.05, 0.1) is 0 Å². The van der Waals surface area contributed by atoms with Crippen LogP contribution >= 0.6 is 11.6 Å². The van der Waals surface area contributed by atoms with Gasteiger partial charge < -0.3 is 10.6 Å². The van der Waals surface area contributed by atoms with Gasteiger partial charge in [0.1, 0.15) is 0 Å². The number of carbonyl (C=O) groups excluding carboxylic acids is 1. The molecule has 1 aromatic carbocycles. The van der Waals surface area contributed by atoms with Crippen molar-refractivity contribution in [3.05, 3.63) is 46.6 Å². The Kier molecular flexibility index (Phi) is 3.52. The lowest BCUT2D eigenvalue weighted by Gasteiger charge is -2.18. The van der Waals surface area contributed by atoms with E-state index in [4.69, 9.17) is 11.6 Å². The minimum Gasteiger partial charge on any atom is -0.385 e. The summed E-state index contributed by atoms with van der Waals surface area (Å²) in [6, 6.07) is 8.86. The van der Waals surface area contributed by atoms with Crippen molar-refractivity contribution in [2.45, 2.75) is 12.8 Å². The maximum atomic E-state index is 12.2. The molecule has 2 N–H and O–H groups in total. The third-order valence-electron chi connectivity index (χ3n) is 3.18. The van der Waals surface area contributed by atoms with Crippen molar-refractivity contribution in [1.82, 2.24) is 10.2 Å². The van der Waals surface area contributed by atoms with Crippen LogP contribution in [0.2, 0.25) is 5.15 Å². The van der Waals surface area contributed by atoms with E-state index in [-0.39, 0.29) is 5.91 Å². The molecule has 0 spiro atoms. The first-order valence-corrected chi connectivity index (χ1v) is 6.77. The first-order valence-electron chi connectivity index (χ1n) is 6.40. The van der Waals surface area contributed by atoms with Crippen LogP contribution in [0, 0.1) is 0 Å². The van der Waals surface area contributed by atoms with Gasteiger partial charge in [-0.2, -0.15) is 0 Å². The molecule has 1 aliphatic heterocycles. The fourth-order valence-corrected chi connectivity index (χ4v) is 2.29. The van der Waals surface area contributed by atoms with E-state index < -0.39 is 0 Å². The molecule has 3 rings (SSSR count). The fraction of sp³-hybridized carbons (Fsp3) is 0.214. The molecule has 0 unspecified atom stereocenters. The molecule has 1 amide bonds. The number of hydrogen-bond acceptors (Lipinski definition) is 4. The van der Waals surface area contributed by atoms with Gasteiger partial charge in [-0.15, -0.1) is 10.2 Å². The number of anilines is 2. The number of amides is 1. The number of nitrogens with zero attached hydrogens (tertiary/aromatic N) is 2. The van der Waals surface area contributed by atoms with Gasteiger partial charge in [-0.3, -0.25) is 4.79 Å². The van der Waals surface area contributed by atoms with Crippen molar-refractivity contribution < 1.29 is 4.79 Å². The monoisotopic (exact) mass is 288 g/mol. The van der Waals surface area contributed by atoms with Crippen LogP contribution in [0.4, 0.5) is 11.5 Å². The van der Waals surface area contributed by atoms with Crippen LogP contribution in [0.3, 0.4) is 0 Å². The lowest BCUT2D eigenvalue weighted by atomic mass is 10.0. The van der Waals surface area contributed by atoms with E-state index >= 15 is 0 Å². The Balaban J connectivity index is 1.78. The second-order valence-corrected chi connectivity index (χ2v) is 4.98. The zero-order valence-electron chi connectivity index (χ0n) is 10.7. The summed E-state index contributed by atoms with van der Waals surface area (Å²) in [6.07, 6.45) is 2.07. The SMILES string of the molecule is O=C(Nc1ccc(Cl)nn1)c1ccc2c(c1)CCCN2. The van der Waals surface area contributed by atoms with Gasteiger partial charge >= 0.3 is 0 Å². The molecule has 0 aliphatic carbocycles. The van der Waals surface area contributed by atoms with Crippen molar-refractivity contribution in [1.29, 1.82) is 0 Å². The predicted octanol–water partition coefficient (Wildman–Crippen LogP) is 2.74. The van der Waals surface area contributed by atoms with Crippen LogP contribution in [0.15, 0.2) is 30.3 Å². The molecule has 2 aromatic rings. The van der Waals surface area contributed by atoms with E-state index in [1.807, 2.05) is 12.1 Å². The molecule has 0 saturated carbocycles. The largest absolute Gasteiger partial charge is 0.385 e. The highest BCUT2D eigenvalue weighted by Gasteiger charge is 2.13. The molecule has 0 atom stereocenters. The van der Waals surface area contributed by atoms with Crippen molar-refractivity contribution >= 4 is 29.0 Å². The van der Waals surface area contributed by atoms with Gasteiger partial charge in [0.15, 0.2) is 11.0 Å². The highest BCUT2D eigenvalue weighted by Crippen LogP contribution is 2.23. The lowest BCUT2D eigenvalue weighted by Crippen LogP contribution is -2.16. The smallest absolute Gasteiger partial charge is 0.256 e. The maximum Gasteiger partial charge on any atom is 0.256 e. The summed E-state index contributed by atoms with van der Waals surface area (Å²) in [4.78, 5) is 12.2. The van der Waals surface area contributed by atoms with Crippen molar-refractivity contribution in [2.75, 3.05) is 17.2 Å². The number of rotatable bonds is 2. The van der Waals surface area contributed by atoms with Crippen LogP contribution in [-0.2, 0) is 6.42 Å². The Labute approximate surface area is 121 Å². The van der Waals surface area contributed by atoms with Crippen LogP contribution in [0.1, 0.15) is 22.3 Å². The standard InChI is InChI=1S/C14H13ClN4O/c15-12-5-6-13(19-18-12)17-14(20)10-3-4-11-9(8-10)2-1-7-16-11/h3-6,8,16H,1-2,7H2,(H,17,19,20). The molecule has 0 fully saturated rings. The zero-order chi connectivity index (χ0) is 13.9. The highest BCUT2D eigenvalue weighted by molar-refractivity contribution is 6.29. The van der Waals surface area contributed by atoms with E-state index in [2.05, 4.69) is 20.8 Å². The van der Waals surface area contributed by atoms with Crippen LogP contribution in [0.5, 0.6) is 0 Å². The summed E-state index contributed by atoms with van der Waals surface area (Å²) in [5, 5.41) is 13.8. The van der Waals surface area contributed by atoms with Crippen LogP contribution < -0.4 is 10.6 Å². The molecule has 5 nitrogen and oxygen atoms in total. The molecular formula is C14H13ClN4O. The quantitative estimate of drug-likeness (QED) is 0.892. The summed E-state index contributed by atoms with van der Waals surface area (Å²) in [5.41, 5.74) is 2.90. The average molecular weight is 289 g/mol. The van der Waals surface area contributed by atoms with Gasteiger partial charge in [-0.1, -0.05) is 11.6 Å². The summed E-state index contributed by atoms with van der Waals surface area (Å²) in [7, 11) is 0. The topological polar surface area (TPSA) is 66.9 Å². The van der Waals surface area contributed by atoms with E-state index in [0.29, 0.717) is 16.5 Å². The minimum atomic E-state index is -0.199. The molecular weight excluding hydrogens is 276 g/mol. The minimum absolute atomic E-state index is 0.199. The number of aryl methyl sites for hydroxylation is 1. The van der Waals surface area contributed by atoms with Crippen molar-refractivity contribution in [3.63, 3.8) is 0 Å². The predicted molar refractivity (Wildman–Crippen MR) is 78.2 cm³/mol. The molecule has 2 heterocycles. The average Bonchev–Trinajstić information content (AvgIpc) is 2.49. The highest BCUT2D eigenvalue weighted by atomic mass is 35.5. The lowest BCUT2D eigenvalue weighted by molar-refractivity contribution is 0.102. The number of halogens is 1. The van der Waals surface area contributed by atoms with E-state index in [1.54, 1.807) is 18.2 Å². The Hall–Kier alpha value is -2.14. The fourth-order valence-electron chi connectivity index (χ4n) is 2.19. The number of aromatic nitrogens is 2. The number of fused-ring (bicyclic) bond motifs is 1. The summed E-state index contributed by atoms with van der Waals surface area (Å²) in [6.45, 7) is 0.985. The molecule has 20 heavy (non-hydrogen) atoms. The third kappa shape index (κ3) is 2.72. The second-order valence-electron chi connectivity index (χ2n) is 4.60. The van der Waals surface area contributed by atoms with Gasteiger partial charge in [0.25, 0.3) is 5.91 Å². The third-order valence-corrected chi connectivity index (χ3v) is 3.38. The zero-order valence-corrected chi connectivity index (χ0v) is 11.4. The molecule has 6 heteroatoms. The van der Waals surface area contributed by atoms with Crippen LogP contribution in [0.25, 0.3) is 0 Å². The van der Waals surface area contributed by atoms with Gasteiger partial charge in [0.2, 0.25) is 0 Å². The maximum absolute atomic E-state index is 12.2. The van der Waals surface area contributed by atoms with Crippen molar-refractivity contribution in [3.8, 4) is 0 Å². The Morgan fingerprint density at radius 2 is 2.15 bits per heavy atom. The number of carbonyl (C=O) groups is 1. The first kappa shape index (κ1) is 12.9. The first-order chi connectivity index (χ1) is 9.72. The van der Waals surface area contributed by atoms with Crippen molar-refractivity contribution in [2.24, 2.45) is 0 Å². The molecule has 0 radical (unpaired) electrons. The molecule has 102 valence electrons.